The topological polar surface area (TPSA) is 19.6 Å². The summed E-state index contributed by atoms with van der Waals surface area (Å²) >= 11 is 0. The van der Waals surface area contributed by atoms with Gasteiger partial charge in [0.15, 0.2) is 0 Å². The number of benzene rings is 7. The van der Waals surface area contributed by atoms with Crippen LogP contribution < -0.4 is 9.80 Å². The molecule has 0 amide bonds. The third-order valence-electron chi connectivity index (χ3n) is 11.2. The lowest BCUT2D eigenvalue weighted by Gasteiger charge is -2.32. The molecule has 3 nitrogen and oxygen atoms in total. The van der Waals surface area contributed by atoms with Gasteiger partial charge in [-0.25, -0.2) is 0 Å². The molecule has 3 aliphatic rings. The summed E-state index contributed by atoms with van der Waals surface area (Å²) in [4.78, 5) is 4.86. The molecule has 8 aromatic rings. The maximum Gasteiger partial charge on any atom is 0.135 e. The van der Waals surface area contributed by atoms with Gasteiger partial charge in [0, 0.05) is 50.7 Å². The van der Waals surface area contributed by atoms with Gasteiger partial charge in [0.25, 0.3) is 0 Å². The molecule has 1 aliphatic carbocycles. The number of allylic oxidation sites excluding steroid dienone is 4. The van der Waals surface area contributed by atoms with Crippen molar-refractivity contribution in [1.82, 2.24) is 0 Å². The van der Waals surface area contributed by atoms with Gasteiger partial charge in [0.1, 0.15) is 11.2 Å². The molecule has 0 radical (unpaired) electrons. The van der Waals surface area contributed by atoms with Gasteiger partial charge in [-0.3, -0.25) is 0 Å². The van der Waals surface area contributed by atoms with Crippen molar-refractivity contribution in [1.29, 1.82) is 0 Å². The molecule has 0 saturated carbocycles. The zero-order valence-electron chi connectivity index (χ0n) is 27.9. The second kappa shape index (κ2) is 10.5. The van der Waals surface area contributed by atoms with Crippen molar-refractivity contribution in [2.75, 3.05) is 9.80 Å². The second-order valence-electron chi connectivity index (χ2n) is 13.8. The quantitative estimate of drug-likeness (QED) is 0.176. The van der Waals surface area contributed by atoms with Crippen LogP contribution in [0.25, 0.3) is 54.3 Å². The summed E-state index contributed by atoms with van der Waals surface area (Å²) in [6.07, 6.45) is 8.86. The Morgan fingerprint density at radius 3 is 1.94 bits per heavy atom. The lowest BCUT2D eigenvalue weighted by Crippen LogP contribution is -2.30. The van der Waals surface area contributed by atoms with Crippen LogP contribution >= 0.6 is 0 Å². The van der Waals surface area contributed by atoms with E-state index in [4.69, 9.17) is 4.42 Å². The van der Waals surface area contributed by atoms with Crippen LogP contribution in [0.1, 0.15) is 11.5 Å². The second-order valence-corrected chi connectivity index (χ2v) is 13.8. The van der Waals surface area contributed by atoms with Gasteiger partial charge in [-0.1, -0.05) is 122 Å². The number of hydrogen-bond acceptors (Lipinski definition) is 3. The molecule has 0 bridgehead atoms. The minimum absolute atomic E-state index is 0.162. The van der Waals surface area contributed by atoms with Gasteiger partial charge in [-0.15, -0.1) is 0 Å². The van der Waals surface area contributed by atoms with Crippen molar-refractivity contribution in [2.24, 2.45) is 0 Å². The first-order chi connectivity index (χ1) is 25.2. The Kier molecular flexibility index (Phi) is 5.80. The van der Waals surface area contributed by atoms with Crippen LogP contribution in [-0.2, 0) is 0 Å². The molecule has 2 aliphatic heterocycles. The molecule has 7 aromatic carbocycles. The fraction of sp³-hybridized carbons (Fsp3) is 0.0417. The van der Waals surface area contributed by atoms with Crippen LogP contribution in [0, 0.1) is 0 Å². The Bertz CT molecular complexity index is 2900. The number of furan rings is 1. The van der Waals surface area contributed by atoms with E-state index in [9.17, 15) is 0 Å². The van der Waals surface area contributed by atoms with Crippen molar-refractivity contribution in [3.05, 3.63) is 199 Å². The number of nitrogens with zero attached hydrogens (tertiary/aromatic N) is 2. The lowest BCUT2D eigenvalue weighted by molar-refractivity contribution is 0.669. The molecule has 0 spiro atoms. The molecular formula is C48H32N2O. The molecule has 11 rings (SSSR count). The fourth-order valence-corrected chi connectivity index (χ4v) is 9.09. The van der Waals surface area contributed by atoms with Crippen LogP contribution in [0.3, 0.4) is 0 Å². The first-order valence-corrected chi connectivity index (χ1v) is 17.6. The Hall–Kier alpha value is -6.58. The highest BCUT2D eigenvalue weighted by molar-refractivity contribution is 6.25. The summed E-state index contributed by atoms with van der Waals surface area (Å²) in [5, 5.41) is 9.78. The maximum atomic E-state index is 6.30. The van der Waals surface area contributed by atoms with Gasteiger partial charge in [0.2, 0.25) is 0 Å². The molecule has 240 valence electrons. The third kappa shape index (κ3) is 3.89. The smallest absolute Gasteiger partial charge is 0.135 e. The number of rotatable bonds is 4. The highest BCUT2D eigenvalue weighted by atomic mass is 16.3. The van der Waals surface area contributed by atoms with E-state index >= 15 is 0 Å². The van der Waals surface area contributed by atoms with E-state index in [1.54, 1.807) is 0 Å². The number of fused-ring (bicyclic) bond motifs is 12. The van der Waals surface area contributed by atoms with Crippen molar-refractivity contribution >= 4 is 71.3 Å². The number of hydrogen-bond donors (Lipinski definition) is 0. The molecule has 0 N–H and O–H groups in total. The number of para-hydroxylation sites is 2. The average molecular weight is 653 g/mol. The van der Waals surface area contributed by atoms with E-state index in [0.29, 0.717) is 0 Å². The van der Waals surface area contributed by atoms with Crippen molar-refractivity contribution < 1.29 is 4.42 Å². The van der Waals surface area contributed by atoms with E-state index < -0.39 is 0 Å². The highest BCUT2D eigenvalue weighted by Crippen LogP contribution is 2.56. The van der Waals surface area contributed by atoms with E-state index in [1.165, 1.54) is 49.1 Å². The van der Waals surface area contributed by atoms with Gasteiger partial charge >= 0.3 is 0 Å². The Labute approximate surface area is 295 Å². The van der Waals surface area contributed by atoms with Gasteiger partial charge < -0.3 is 14.2 Å². The van der Waals surface area contributed by atoms with Crippen molar-refractivity contribution in [3.8, 4) is 0 Å². The zero-order chi connectivity index (χ0) is 33.8. The Morgan fingerprint density at radius 1 is 0.608 bits per heavy atom. The van der Waals surface area contributed by atoms with Crippen LogP contribution in [-0.4, -0.2) is 6.04 Å². The first kappa shape index (κ1) is 28.3. The molecule has 51 heavy (non-hydrogen) atoms. The predicted molar refractivity (Wildman–Crippen MR) is 214 cm³/mol. The lowest BCUT2D eigenvalue weighted by atomic mass is 9.83. The molecule has 1 saturated heterocycles. The van der Waals surface area contributed by atoms with Gasteiger partial charge in [-0.05, 0) is 92.0 Å². The fourth-order valence-electron chi connectivity index (χ4n) is 9.09. The first-order valence-electron chi connectivity index (χ1n) is 17.6. The monoisotopic (exact) mass is 652 g/mol. The Balaban J connectivity index is 1.20. The SMILES string of the molecule is C=C/C=C1\C(=C)N2c3ccccc3C3C=C(N(c4ccc5oc6ccccc6c5c4)c4ccc5c6ccccc6c6ccccc6c5c4)C=C1C32. The predicted octanol–water partition coefficient (Wildman–Crippen LogP) is 12.6. The van der Waals surface area contributed by atoms with E-state index in [0.717, 1.165) is 50.3 Å². The molecule has 1 aromatic heterocycles. The summed E-state index contributed by atoms with van der Waals surface area (Å²) in [5.41, 5.74) is 11.1. The molecular weight excluding hydrogens is 621 g/mol. The molecule has 3 heteroatoms. The molecule has 1 fully saturated rings. The third-order valence-corrected chi connectivity index (χ3v) is 11.2. The van der Waals surface area contributed by atoms with Crippen molar-refractivity contribution in [3.63, 3.8) is 0 Å². The largest absolute Gasteiger partial charge is 0.456 e. The average Bonchev–Trinajstić information content (AvgIpc) is 3.81. The summed E-state index contributed by atoms with van der Waals surface area (Å²) in [6.45, 7) is 8.69. The normalized spacial score (nSPS) is 18.5. The highest BCUT2D eigenvalue weighted by Gasteiger charge is 2.49. The molecule has 3 heterocycles. The van der Waals surface area contributed by atoms with Gasteiger partial charge in [0.05, 0.1) is 6.04 Å². The summed E-state index contributed by atoms with van der Waals surface area (Å²) < 4.78 is 6.30. The zero-order valence-corrected chi connectivity index (χ0v) is 27.9. The minimum Gasteiger partial charge on any atom is -0.456 e. The van der Waals surface area contributed by atoms with Crippen LogP contribution in [0.2, 0.25) is 0 Å². The van der Waals surface area contributed by atoms with Gasteiger partial charge in [-0.2, -0.15) is 0 Å². The van der Waals surface area contributed by atoms with Crippen LogP contribution in [0.15, 0.2) is 198 Å². The summed E-state index contributed by atoms with van der Waals surface area (Å²) in [6, 6.07) is 48.4. The molecule has 2 atom stereocenters. The van der Waals surface area contributed by atoms with Crippen LogP contribution in [0.4, 0.5) is 17.1 Å². The molecule has 2 unspecified atom stereocenters. The van der Waals surface area contributed by atoms with E-state index in [1.807, 2.05) is 18.2 Å². The minimum atomic E-state index is 0.162. The summed E-state index contributed by atoms with van der Waals surface area (Å²) in [7, 11) is 0. The van der Waals surface area contributed by atoms with Crippen LogP contribution in [0.5, 0.6) is 0 Å². The van der Waals surface area contributed by atoms with E-state index in [-0.39, 0.29) is 12.0 Å². The maximum absolute atomic E-state index is 6.30. The van der Waals surface area contributed by atoms with E-state index in [2.05, 4.69) is 163 Å². The standard InChI is InChI=1S/C48H32N2O/c1-3-12-33-29(2)49-45-19-10-8-17-39(45)44-28-32(27-43(33)48(44)49)50(31-22-24-47-42(26-31)40-18-9-11-20-46(40)51-47)30-21-23-38-36-15-5-4-13-34(36)35-14-6-7-16-37(35)41(38)25-30/h3-28,44,48H,1-2H2/b33-12+. The van der Waals surface area contributed by atoms with Crippen molar-refractivity contribution in [2.45, 2.75) is 12.0 Å². The summed E-state index contributed by atoms with van der Waals surface area (Å²) in [5.74, 6) is 0.162. The Morgan fingerprint density at radius 2 is 1.20 bits per heavy atom. The number of anilines is 3.